The zero-order valence-electron chi connectivity index (χ0n) is 18.3. The van der Waals surface area contributed by atoms with Gasteiger partial charge in [-0.05, 0) is 73.5 Å². The highest BCUT2D eigenvalue weighted by Crippen LogP contribution is 2.35. The molecular formula is C27H27NO4. The van der Waals surface area contributed by atoms with Gasteiger partial charge in [0.25, 0.3) is 0 Å². The van der Waals surface area contributed by atoms with Crippen molar-refractivity contribution in [3.63, 3.8) is 0 Å². The van der Waals surface area contributed by atoms with Gasteiger partial charge in [0, 0.05) is 23.1 Å². The minimum Gasteiger partial charge on any atom is -0.423 e. The maximum Gasteiger partial charge on any atom is 0.335 e. The molecule has 0 fully saturated rings. The lowest BCUT2D eigenvalue weighted by Gasteiger charge is -2.26. The first-order chi connectivity index (χ1) is 15.4. The molecule has 5 nitrogen and oxygen atoms in total. The molecular weight excluding hydrogens is 402 g/mol. The van der Waals surface area contributed by atoms with E-state index in [-0.39, 0.29) is 6.61 Å². The zero-order chi connectivity index (χ0) is 23.1. The Morgan fingerprint density at radius 3 is 1.97 bits per heavy atom. The molecule has 0 aromatic heterocycles. The van der Waals surface area contributed by atoms with Crippen LogP contribution in [0.1, 0.15) is 18.1 Å². The molecule has 0 aliphatic heterocycles. The zero-order valence-corrected chi connectivity index (χ0v) is 18.3. The quantitative estimate of drug-likeness (QED) is 0.149. The van der Waals surface area contributed by atoms with Gasteiger partial charge in [-0.2, -0.15) is 0 Å². The maximum atomic E-state index is 11.5. The van der Waals surface area contributed by atoms with E-state index in [1.54, 1.807) is 19.1 Å². The molecule has 0 radical (unpaired) electrons. The number of nitrogens with zero attached hydrogens (tertiary/aromatic N) is 1. The lowest BCUT2D eigenvalue weighted by Crippen LogP contribution is -2.13. The second-order valence-electron chi connectivity index (χ2n) is 7.47. The Kier molecular flexibility index (Phi) is 7.60. The van der Waals surface area contributed by atoms with Gasteiger partial charge in [-0.1, -0.05) is 43.0 Å². The lowest BCUT2D eigenvalue weighted by atomic mass is 10.1. The number of anilines is 3. The van der Waals surface area contributed by atoms with E-state index in [4.69, 9.17) is 9.47 Å². The molecule has 0 saturated heterocycles. The number of hydrogen-bond donors (Lipinski definition) is 1. The van der Waals surface area contributed by atoms with Gasteiger partial charge in [0.15, 0.2) is 6.29 Å². The molecule has 0 amide bonds. The van der Waals surface area contributed by atoms with Crippen molar-refractivity contribution in [2.24, 2.45) is 0 Å². The highest BCUT2D eigenvalue weighted by Gasteiger charge is 2.13. The molecule has 0 spiro atoms. The molecule has 32 heavy (non-hydrogen) atoms. The average Bonchev–Trinajstić information content (AvgIpc) is 2.80. The molecule has 1 atom stereocenters. The number of aliphatic hydroxyl groups excluding tert-OH is 1. The van der Waals surface area contributed by atoms with Crippen molar-refractivity contribution >= 4 is 23.0 Å². The van der Waals surface area contributed by atoms with E-state index >= 15 is 0 Å². The second kappa shape index (κ2) is 10.6. The lowest BCUT2D eigenvalue weighted by molar-refractivity contribution is -0.128. The van der Waals surface area contributed by atoms with Crippen LogP contribution < -0.4 is 9.64 Å². The molecule has 3 aromatic carbocycles. The van der Waals surface area contributed by atoms with Gasteiger partial charge in [0.05, 0.1) is 6.61 Å². The standard InChI is InChI=1S/C27H27NO4/c1-5-26(29)32-25-16-14-24(15-17-25)28(22-10-6-20(4)7-11-22)23-12-8-21(9-13-23)18-31-27(30)19(2)3/h5-17,27,30H,1-2,18H2,3-4H3. The Morgan fingerprint density at radius 1 is 0.969 bits per heavy atom. The van der Waals surface area contributed by atoms with Crippen molar-refractivity contribution in [2.45, 2.75) is 26.7 Å². The normalized spacial score (nSPS) is 11.5. The number of benzene rings is 3. The van der Waals surface area contributed by atoms with Crippen LogP contribution in [-0.4, -0.2) is 17.4 Å². The summed E-state index contributed by atoms with van der Waals surface area (Å²) in [5.41, 5.74) is 5.53. The molecule has 5 heteroatoms. The topological polar surface area (TPSA) is 59.0 Å². The van der Waals surface area contributed by atoms with E-state index in [1.807, 2.05) is 43.3 Å². The van der Waals surface area contributed by atoms with Crippen LogP contribution in [0.4, 0.5) is 17.1 Å². The number of aryl methyl sites for hydroxylation is 1. The SMILES string of the molecule is C=CC(=O)Oc1ccc(N(c2ccc(C)cc2)c2ccc(COC(O)C(=C)C)cc2)cc1. The average molecular weight is 430 g/mol. The van der Waals surface area contributed by atoms with Gasteiger partial charge < -0.3 is 19.5 Å². The first kappa shape index (κ1) is 23.0. The molecule has 0 heterocycles. The highest BCUT2D eigenvalue weighted by molar-refractivity contribution is 5.83. The third-order valence-electron chi connectivity index (χ3n) is 4.80. The van der Waals surface area contributed by atoms with Crippen LogP contribution >= 0.6 is 0 Å². The molecule has 164 valence electrons. The summed E-state index contributed by atoms with van der Waals surface area (Å²) in [5.74, 6) is -0.0474. The number of rotatable bonds is 9. The summed E-state index contributed by atoms with van der Waals surface area (Å²) < 4.78 is 10.6. The first-order valence-corrected chi connectivity index (χ1v) is 10.2. The van der Waals surface area contributed by atoms with Crippen LogP contribution in [0.5, 0.6) is 5.75 Å². The largest absolute Gasteiger partial charge is 0.423 e. The van der Waals surface area contributed by atoms with E-state index < -0.39 is 12.3 Å². The van der Waals surface area contributed by atoms with E-state index in [2.05, 4.69) is 42.3 Å². The third kappa shape index (κ3) is 5.94. The van der Waals surface area contributed by atoms with Crippen LogP contribution in [0, 0.1) is 6.92 Å². The predicted molar refractivity (Wildman–Crippen MR) is 127 cm³/mol. The van der Waals surface area contributed by atoms with E-state index in [1.165, 1.54) is 5.56 Å². The minimum absolute atomic E-state index is 0.280. The Labute approximate surface area is 188 Å². The third-order valence-corrected chi connectivity index (χ3v) is 4.80. The van der Waals surface area contributed by atoms with Crippen molar-refractivity contribution in [3.05, 3.63) is 109 Å². The fraction of sp³-hybridized carbons (Fsp3) is 0.148. The fourth-order valence-corrected chi connectivity index (χ4v) is 3.02. The Morgan fingerprint density at radius 2 is 1.47 bits per heavy atom. The molecule has 3 aromatic rings. The van der Waals surface area contributed by atoms with Crippen LogP contribution in [0.15, 0.2) is 97.6 Å². The Bertz CT molecular complexity index is 1070. The van der Waals surface area contributed by atoms with E-state index in [9.17, 15) is 9.90 Å². The van der Waals surface area contributed by atoms with Gasteiger partial charge in [0.1, 0.15) is 5.75 Å². The van der Waals surface area contributed by atoms with Crippen LogP contribution in [0.3, 0.4) is 0 Å². The van der Waals surface area contributed by atoms with Gasteiger partial charge in [-0.25, -0.2) is 4.79 Å². The fourth-order valence-electron chi connectivity index (χ4n) is 3.02. The van der Waals surface area contributed by atoms with Crippen LogP contribution in [0.2, 0.25) is 0 Å². The van der Waals surface area contributed by atoms with Crippen molar-refractivity contribution in [1.29, 1.82) is 0 Å². The smallest absolute Gasteiger partial charge is 0.335 e. The molecule has 0 saturated carbocycles. The molecule has 3 rings (SSSR count). The summed E-state index contributed by atoms with van der Waals surface area (Å²) in [6.07, 6.45) is 0.153. The van der Waals surface area contributed by atoms with Gasteiger partial charge in [-0.3, -0.25) is 0 Å². The molecule has 0 bridgehead atoms. The second-order valence-corrected chi connectivity index (χ2v) is 7.47. The van der Waals surface area contributed by atoms with Gasteiger partial charge >= 0.3 is 5.97 Å². The van der Waals surface area contributed by atoms with Crippen molar-refractivity contribution in [1.82, 2.24) is 0 Å². The van der Waals surface area contributed by atoms with Gasteiger partial charge in [0.2, 0.25) is 0 Å². The Balaban J connectivity index is 1.88. The number of carbonyl (C=O) groups excluding carboxylic acids is 1. The summed E-state index contributed by atoms with van der Waals surface area (Å²) in [6.45, 7) is 11.2. The summed E-state index contributed by atoms with van der Waals surface area (Å²) in [4.78, 5) is 13.6. The summed E-state index contributed by atoms with van der Waals surface area (Å²) >= 11 is 0. The molecule has 1 N–H and O–H groups in total. The van der Waals surface area contributed by atoms with Crippen LogP contribution in [0.25, 0.3) is 0 Å². The van der Waals surface area contributed by atoms with Crippen molar-refractivity contribution in [3.8, 4) is 5.75 Å². The monoisotopic (exact) mass is 429 g/mol. The highest BCUT2D eigenvalue weighted by atomic mass is 16.6. The maximum absolute atomic E-state index is 11.5. The predicted octanol–water partition coefficient (Wildman–Crippen LogP) is 5.97. The van der Waals surface area contributed by atoms with Crippen molar-refractivity contribution in [2.75, 3.05) is 4.90 Å². The molecule has 0 aliphatic rings. The summed E-state index contributed by atoms with van der Waals surface area (Å²) in [7, 11) is 0. The number of carbonyl (C=O) groups is 1. The number of aliphatic hydroxyl groups is 1. The molecule has 1 unspecified atom stereocenters. The number of hydrogen-bond acceptors (Lipinski definition) is 5. The van der Waals surface area contributed by atoms with Gasteiger partial charge in [-0.15, -0.1) is 0 Å². The van der Waals surface area contributed by atoms with E-state index in [0.717, 1.165) is 28.7 Å². The van der Waals surface area contributed by atoms with Crippen LogP contribution in [-0.2, 0) is 16.1 Å². The Hall–Kier alpha value is -3.67. The summed E-state index contributed by atoms with van der Waals surface area (Å²) in [5, 5.41) is 9.78. The van der Waals surface area contributed by atoms with Crippen molar-refractivity contribution < 1.29 is 19.4 Å². The number of esters is 1. The molecule has 0 aliphatic carbocycles. The van der Waals surface area contributed by atoms with E-state index in [0.29, 0.717) is 11.3 Å². The first-order valence-electron chi connectivity index (χ1n) is 10.2. The summed E-state index contributed by atoms with van der Waals surface area (Å²) in [6, 6.07) is 23.4. The number of ether oxygens (including phenoxy) is 2. The minimum atomic E-state index is -0.979.